The van der Waals surface area contributed by atoms with Gasteiger partial charge in [0.2, 0.25) is 0 Å². The molecular formula is C13H20FNO2. The van der Waals surface area contributed by atoms with Crippen LogP contribution in [0, 0.1) is 12.7 Å². The minimum absolute atomic E-state index is 0.0363. The first-order chi connectivity index (χ1) is 8.12. The third kappa shape index (κ3) is 3.77. The van der Waals surface area contributed by atoms with E-state index in [1.165, 1.54) is 12.1 Å². The van der Waals surface area contributed by atoms with Crippen molar-refractivity contribution in [2.75, 3.05) is 21.3 Å². The number of benzene rings is 1. The van der Waals surface area contributed by atoms with Gasteiger partial charge in [-0.25, -0.2) is 4.39 Å². The highest BCUT2D eigenvalue weighted by Crippen LogP contribution is 2.14. The number of likely N-dealkylation sites (N-methyl/N-ethyl adjacent to an activating group) is 1. The highest BCUT2D eigenvalue weighted by atomic mass is 19.1. The molecule has 0 spiro atoms. The normalized spacial score (nSPS) is 13.1. The Morgan fingerprint density at radius 3 is 2.41 bits per heavy atom. The van der Waals surface area contributed by atoms with Gasteiger partial charge < -0.3 is 14.8 Å². The zero-order valence-corrected chi connectivity index (χ0v) is 10.8. The van der Waals surface area contributed by atoms with Crippen LogP contribution < -0.4 is 5.32 Å². The van der Waals surface area contributed by atoms with Crippen molar-refractivity contribution in [3.05, 3.63) is 35.1 Å². The number of hydrogen-bond acceptors (Lipinski definition) is 3. The molecule has 3 nitrogen and oxygen atoms in total. The summed E-state index contributed by atoms with van der Waals surface area (Å²) < 4.78 is 23.5. The van der Waals surface area contributed by atoms with E-state index in [0.717, 1.165) is 17.5 Å². The number of methoxy groups -OCH3 is 2. The predicted molar refractivity (Wildman–Crippen MR) is 65.5 cm³/mol. The van der Waals surface area contributed by atoms with Gasteiger partial charge in [0.05, 0.1) is 6.04 Å². The summed E-state index contributed by atoms with van der Waals surface area (Å²) in [6, 6.07) is 4.85. The van der Waals surface area contributed by atoms with Gasteiger partial charge in [0.25, 0.3) is 0 Å². The fourth-order valence-corrected chi connectivity index (χ4v) is 1.88. The van der Waals surface area contributed by atoms with Crippen molar-refractivity contribution >= 4 is 0 Å². The third-order valence-corrected chi connectivity index (χ3v) is 2.91. The fourth-order valence-electron chi connectivity index (χ4n) is 1.88. The van der Waals surface area contributed by atoms with Crippen molar-refractivity contribution < 1.29 is 13.9 Å². The summed E-state index contributed by atoms with van der Waals surface area (Å²) in [5.74, 6) is -0.206. The van der Waals surface area contributed by atoms with Crippen LogP contribution >= 0.6 is 0 Å². The molecule has 0 aliphatic rings. The van der Waals surface area contributed by atoms with E-state index in [9.17, 15) is 4.39 Å². The lowest BCUT2D eigenvalue weighted by molar-refractivity contribution is -0.121. The first-order valence-electron chi connectivity index (χ1n) is 5.60. The van der Waals surface area contributed by atoms with Crippen molar-refractivity contribution in [3.63, 3.8) is 0 Å². The molecular weight excluding hydrogens is 221 g/mol. The Hall–Kier alpha value is -0.970. The number of nitrogens with one attached hydrogen (secondary N) is 1. The van der Waals surface area contributed by atoms with Gasteiger partial charge in [-0.2, -0.15) is 0 Å². The summed E-state index contributed by atoms with van der Waals surface area (Å²) in [4.78, 5) is 0. The predicted octanol–water partition coefficient (Wildman–Crippen LogP) is 1.88. The molecule has 96 valence electrons. The minimum Gasteiger partial charge on any atom is -0.354 e. The molecule has 0 bridgehead atoms. The molecule has 0 heterocycles. The van der Waals surface area contributed by atoms with Crippen molar-refractivity contribution in [2.24, 2.45) is 0 Å². The summed E-state index contributed by atoms with van der Waals surface area (Å²) in [6.07, 6.45) is 0.416. The average Bonchev–Trinajstić information content (AvgIpc) is 2.32. The molecule has 17 heavy (non-hydrogen) atoms. The SMILES string of the molecule is CNC(Cc1ccc(F)cc1C)C(OC)OC. The van der Waals surface area contributed by atoms with Crippen molar-refractivity contribution in [3.8, 4) is 0 Å². The maximum atomic E-state index is 13.0. The Morgan fingerprint density at radius 1 is 1.29 bits per heavy atom. The van der Waals surface area contributed by atoms with Crippen LogP contribution in [-0.4, -0.2) is 33.6 Å². The zero-order valence-electron chi connectivity index (χ0n) is 10.8. The standard InChI is InChI=1S/C13H20FNO2/c1-9-7-11(14)6-5-10(9)8-12(15-2)13(16-3)17-4/h5-7,12-13,15H,8H2,1-4H3. The molecule has 1 unspecified atom stereocenters. The van der Waals surface area contributed by atoms with Crippen LogP contribution in [-0.2, 0) is 15.9 Å². The van der Waals surface area contributed by atoms with E-state index in [0.29, 0.717) is 0 Å². The number of ether oxygens (including phenoxy) is 2. The van der Waals surface area contributed by atoms with Gasteiger partial charge in [0, 0.05) is 14.2 Å². The van der Waals surface area contributed by atoms with Gasteiger partial charge in [0.1, 0.15) is 5.82 Å². The van der Waals surface area contributed by atoms with Crippen LogP contribution in [0.25, 0.3) is 0 Å². The second kappa shape index (κ2) is 6.69. The van der Waals surface area contributed by atoms with E-state index in [-0.39, 0.29) is 18.1 Å². The average molecular weight is 241 g/mol. The van der Waals surface area contributed by atoms with E-state index >= 15 is 0 Å². The van der Waals surface area contributed by atoms with Gasteiger partial charge in [0.15, 0.2) is 6.29 Å². The summed E-state index contributed by atoms with van der Waals surface area (Å²) >= 11 is 0. The van der Waals surface area contributed by atoms with Crippen molar-refractivity contribution in [1.29, 1.82) is 0 Å². The van der Waals surface area contributed by atoms with Gasteiger partial charge >= 0.3 is 0 Å². The molecule has 1 aromatic carbocycles. The van der Waals surface area contributed by atoms with Gasteiger partial charge in [-0.3, -0.25) is 0 Å². The lowest BCUT2D eigenvalue weighted by Crippen LogP contribution is -2.41. The van der Waals surface area contributed by atoms with Crippen LogP contribution in [0.4, 0.5) is 4.39 Å². The van der Waals surface area contributed by atoms with E-state index in [1.807, 2.05) is 14.0 Å². The van der Waals surface area contributed by atoms with Crippen LogP contribution in [0.2, 0.25) is 0 Å². The molecule has 0 saturated heterocycles. The number of aryl methyl sites for hydroxylation is 1. The molecule has 1 atom stereocenters. The van der Waals surface area contributed by atoms with E-state index < -0.39 is 0 Å². The first kappa shape index (κ1) is 14.1. The quantitative estimate of drug-likeness (QED) is 0.771. The van der Waals surface area contributed by atoms with Crippen molar-refractivity contribution in [2.45, 2.75) is 25.7 Å². The molecule has 0 saturated carbocycles. The summed E-state index contributed by atoms with van der Waals surface area (Å²) in [5.41, 5.74) is 2.03. The number of rotatable bonds is 6. The van der Waals surface area contributed by atoms with Gasteiger partial charge in [-0.1, -0.05) is 6.07 Å². The molecule has 0 aliphatic carbocycles. The monoisotopic (exact) mass is 241 g/mol. The molecule has 0 aliphatic heterocycles. The zero-order chi connectivity index (χ0) is 12.8. The molecule has 0 amide bonds. The summed E-state index contributed by atoms with van der Waals surface area (Å²) in [5, 5.41) is 3.15. The van der Waals surface area contributed by atoms with Gasteiger partial charge in [-0.05, 0) is 43.7 Å². The largest absolute Gasteiger partial charge is 0.354 e. The summed E-state index contributed by atoms with van der Waals surface area (Å²) in [7, 11) is 5.07. The highest BCUT2D eigenvalue weighted by Gasteiger charge is 2.20. The molecule has 0 fully saturated rings. The molecule has 4 heteroatoms. The van der Waals surface area contributed by atoms with E-state index in [2.05, 4.69) is 5.32 Å². The van der Waals surface area contributed by atoms with Crippen LogP contribution in [0.5, 0.6) is 0 Å². The Kier molecular flexibility index (Phi) is 5.55. The lowest BCUT2D eigenvalue weighted by atomic mass is 10.0. The Labute approximate surface area is 102 Å². The lowest BCUT2D eigenvalue weighted by Gasteiger charge is -2.25. The third-order valence-electron chi connectivity index (χ3n) is 2.91. The van der Waals surface area contributed by atoms with Crippen molar-refractivity contribution in [1.82, 2.24) is 5.32 Å². The number of hydrogen-bond donors (Lipinski definition) is 1. The first-order valence-corrected chi connectivity index (χ1v) is 5.60. The van der Waals surface area contributed by atoms with Crippen LogP contribution in [0.15, 0.2) is 18.2 Å². The Bertz CT molecular complexity index is 353. The minimum atomic E-state index is -0.315. The number of halogens is 1. The topological polar surface area (TPSA) is 30.5 Å². The molecule has 1 rings (SSSR count). The second-order valence-electron chi connectivity index (χ2n) is 4.01. The molecule has 1 N–H and O–H groups in total. The highest BCUT2D eigenvalue weighted by molar-refractivity contribution is 5.27. The maximum Gasteiger partial charge on any atom is 0.172 e. The van der Waals surface area contributed by atoms with E-state index in [4.69, 9.17) is 9.47 Å². The van der Waals surface area contributed by atoms with Crippen LogP contribution in [0.3, 0.4) is 0 Å². The maximum absolute atomic E-state index is 13.0. The smallest absolute Gasteiger partial charge is 0.172 e. The Balaban J connectivity index is 2.80. The van der Waals surface area contributed by atoms with E-state index in [1.54, 1.807) is 20.3 Å². The molecule has 1 aromatic rings. The fraction of sp³-hybridized carbons (Fsp3) is 0.538. The molecule has 0 aromatic heterocycles. The van der Waals surface area contributed by atoms with Crippen LogP contribution in [0.1, 0.15) is 11.1 Å². The second-order valence-corrected chi connectivity index (χ2v) is 4.01. The Morgan fingerprint density at radius 2 is 1.94 bits per heavy atom. The summed E-state index contributed by atoms with van der Waals surface area (Å²) in [6.45, 7) is 1.90. The van der Waals surface area contributed by atoms with Gasteiger partial charge in [-0.15, -0.1) is 0 Å². The molecule has 0 radical (unpaired) electrons.